The lowest BCUT2D eigenvalue weighted by molar-refractivity contribution is 0.273. The van der Waals surface area contributed by atoms with Crippen molar-refractivity contribution in [3.63, 3.8) is 0 Å². The third-order valence-electron chi connectivity index (χ3n) is 4.46. The molecule has 0 aromatic heterocycles. The zero-order chi connectivity index (χ0) is 17.2. The van der Waals surface area contributed by atoms with Crippen molar-refractivity contribution in [2.45, 2.75) is 24.2 Å². The molecule has 2 aromatic rings. The SMILES string of the molecule is O=S(=O)(c1c(Cl)cccc1Cl)N1CCC(Cc2ccccc2)CC1. The van der Waals surface area contributed by atoms with Crippen LogP contribution in [0.5, 0.6) is 0 Å². The molecule has 6 heteroatoms. The maximum atomic E-state index is 12.9. The van der Waals surface area contributed by atoms with E-state index in [4.69, 9.17) is 23.2 Å². The summed E-state index contributed by atoms with van der Waals surface area (Å²) in [6.45, 7) is 1.00. The molecule has 0 atom stereocenters. The molecule has 2 aromatic carbocycles. The molecule has 1 fully saturated rings. The van der Waals surface area contributed by atoms with E-state index in [9.17, 15) is 8.42 Å². The average molecular weight is 384 g/mol. The van der Waals surface area contributed by atoms with Gasteiger partial charge in [0.25, 0.3) is 0 Å². The fourth-order valence-electron chi connectivity index (χ4n) is 3.16. The van der Waals surface area contributed by atoms with Crippen LogP contribution >= 0.6 is 23.2 Å². The zero-order valence-corrected chi connectivity index (χ0v) is 15.5. The minimum atomic E-state index is -3.65. The molecule has 24 heavy (non-hydrogen) atoms. The summed E-state index contributed by atoms with van der Waals surface area (Å²) in [7, 11) is -3.65. The summed E-state index contributed by atoms with van der Waals surface area (Å²) in [6.07, 6.45) is 2.67. The van der Waals surface area contributed by atoms with Gasteiger partial charge in [0, 0.05) is 13.1 Å². The Morgan fingerprint density at radius 1 is 0.917 bits per heavy atom. The van der Waals surface area contributed by atoms with E-state index in [0.29, 0.717) is 19.0 Å². The molecule has 3 rings (SSSR count). The summed E-state index contributed by atoms with van der Waals surface area (Å²) in [5, 5.41) is 0.350. The van der Waals surface area contributed by atoms with Crippen molar-refractivity contribution < 1.29 is 8.42 Å². The van der Waals surface area contributed by atoms with Crippen LogP contribution < -0.4 is 0 Å². The number of piperidine rings is 1. The molecular weight excluding hydrogens is 365 g/mol. The fourth-order valence-corrected chi connectivity index (χ4v) is 5.72. The summed E-state index contributed by atoms with van der Waals surface area (Å²) in [5.41, 5.74) is 1.30. The van der Waals surface area contributed by atoms with E-state index in [0.717, 1.165) is 19.3 Å². The van der Waals surface area contributed by atoms with Gasteiger partial charge in [0.05, 0.1) is 10.0 Å². The molecule has 3 nitrogen and oxygen atoms in total. The first kappa shape index (κ1) is 17.7. The van der Waals surface area contributed by atoms with Gasteiger partial charge in [0.15, 0.2) is 0 Å². The first-order valence-electron chi connectivity index (χ1n) is 7.96. The first-order chi connectivity index (χ1) is 11.5. The van der Waals surface area contributed by atoms with Crippen LogP contribution in [0, 0.1) is 5.92 Å². The van der Waals surface area contributed by atoms with Crippen LogP contribution in [0.2, 0.25) is 10.0 Å². The van der Waals surface area contributed by atoms with Crippen LogP contribution in [0.25, 0.3) is 0 Å². The lowest BCUT2D eigenvalue weighted by Gasteiger charge is -2.31. The highest BCUT2D eigenvalue weighted by molar-refractivity contribution is 7.89. The summed E-state index contributed by atoms with van der Waals surface area (Å²) in [4.78, 5) is 0.0230. The standard InChI is InChI=1S/C18H19Cl2NO2S/c19-16-7-4-8-17(20)18(16)24(22,23)21-11-9-15(10-12-21)13-14-5-2-1-3-6-14/h1-8,15H,9-13H2. The predicted octanol–water partition coefficient (Wildman–Crippen LogP) is 4.64. The summed E-state index contributed by atoms with van der Waals surface area (Å²) >= 11 is 12.2. The van der Waals surface area contributed by atoms with Gasteiger partial charge in [-0.25, -0.2) is 8.42 Å². The second kappa shape index (κ2) is 7.44. The molecule has 0 saturated carbocycles. The molecule has 0 unspecified atom stereocenters. The molecule has 1 aliphatic rings. The number of rotatable bonds is 4. The van der Waals surface area contributed by atoms with Crippen LogP contribution in [0.15, 0.2) is 53.4 Å². The van der Waals surface area contributed by atoms with E-state index in [-0.39, 0.29) is 14.9 Å². The molecule has 0 amide bonds. The van der Waals surface area contributed by atoms with Crippen LogP contribution in [0.3, 0.4) is 0 Å². The normalized spacial score (nSPS) is 17.1. The molecule has 1 aliphatic heterocycles. The third kappa shape index (κ3) is 3.77. The van der Waals surface area contributed by atoms with Gasteiger partial charge < -0.3 is 0 Å². The number of hydrogen-bond acceptors (Lipinski definition) is 2. The lowest BCUT2D eigenvalue weighted by atomic mass is 9.91. The Balaban J connectivity index is 1.70. The van der Waals surface area contributed by atoms with Crippen LogP contribution in [-0.2, 0) is 16.4 Å². The Kier molecular flexibility index (Phi) is 5.50. The van der Waals surface area contributed by atoms with E-state index in [1.165, 1.54) is 9.87 Å². The second-order valence-electron chi connectivity index (χ2n) is 6.09. The highest BCUT2D eigenvalue weighted by Gasteiger charge is 2.32. The van der Waals surface area contributed by atoms with Crippen molar-refractivity contribution in [2.75, 3.05) is 13.1 Å². The Bertz CT molecular complexity index is 781. The summed E-state index contributed by atoms with van der Waals surface area (Å²) in [5.74, 6) is 0.501. The van der Waals surface area contributed by atoms with Crippen molar-refractivity contribution in [1.29, 1.82) is 0 Å². The highest BCUT2D eigenvalue weighted by atomic mass is 35.5. The number of benzene rings is 2. The van der Waals surface area contributed by atoms with Gasteiger partial charge in [0.1, 0.15) is 4.90 Å². The van der Waals surface area contributed by atoms with Gasteiger partial charge in [-0.3, -0.25) is 0 Å². The summed E-state index contributed by atoms with van der Waals surface area (Å²) in [6, 6.07) is 15.1. The lowest BCUT2D eigenvalue weighted by Crippen LogP contribution is -2.39. The van der Waals surface area contributed by atoms with Crippen molar-refractivity contribution in [3.05, 3.63) is 64.1 Å². The molecule has 0 bridgehead atoms. The van der Waals surface area contributed by atoms with Crippen molar-refractivity contribution in [3.8, 4) is 0 Å². The van der Waals surface area contributed by atoms with Crippen LogP contribution in [-0.4, -0.2) is 25.8 Å². The van der Waals surface area contributed by atoms with Crippen molar-refractivity contribution in [2.24, 2.45) is 5.92 Å². The maximum absolute atomic E-state index is 12.9. The molecule has 0 N–H and O–H groups in total. The molecular formula is C18H19Cl2NO2S. The van der Waals surface area contributed by atoms with Crippen LogP contribution in [0.1, 0.15) is 18.4 Å². The fraction of sp³-hybridized carbons (Fsp3) is 0.333. The average Bonchev–Trinajstić information content (AvgIpc) is 2.56. The Morgan fingerprint density at radius 3 is 2.08 bits per heavy atom. The molecule has 128 valence electrons. The molecule has 0 radical (unpaired) electrons. The van der Waals surface area contributed by atoms with Crippen LogP contribution in [0.4, 0.5) is 0 Å². The minimum absolute atomic E-state index is 0.0230. The van der Waals surface area contributed by atoms with E-state index < -0.39 is 10.0 Å². The van der Waals surface area contributed by atoms with Gasteiger partial charge in [0.2, 0.25) is 10.0 Å². The predicted molar refractivity (Wildman–Crippen MR) is 98.1 cm³/mol. The number of sulfonamides is 1. The smallest absolute Gasteiger partial charge is 0.207 e. The van der Waals surface area contributed by atoms with E-state index in [2.05, 4.69) is 12.1 Å². The van der Waals surface area contributed by atoms with Crippen molar-refractivity contribution >= 4 is 33.2 Å². The van der Waals surface area contributed by atoms with E-state index >= 15 is 0 Å². The highest BCUT2D eigenvalue weighted by Crippen LogP contribution is 2.33. The number of nitrogens with zero attached hydrogens (tertiary/aromatic N) is 1. The van der Waals surface area contributed by atoms with Gasteiger partial charge in [-0.15, -0.1) is 0 Å². The number of halogens is 2. The van der Waals surface area contributed by atoms with Gasteiger partial charge >= 0.3 is 0 Å². The number of hydrogen-bond donors (Lipinski definition) is 0. The molecule has 1 saturated heterocycles. The first-order valence-corrected chi connectivity index (χ1v) is 10.2. The monoisotopic (exact) mass is 383 g/mol. The minimum Gasteiger partial charge on any atom is -0.207 e. The second-order valence-corrected chi connectivity index (χ2v) is 8.78. The third-order valence-corrected chi connectivity index (χ3v) is 7.31. The molecule has 0 spiro atoms. The van der Waals surface area contributed by atoms with Gasteiger partial charge in [-0.1, -0.05) is 59.6 Å². The Labute approximate surface area is 153 Å². The quantitative estimate of drug-likeness (QED) is 0.770. The molecule has 0 aliphatic carbocycles. The summed E-state index contributed by atoms with van der Waals surface area (Å²) < 4.78 is 27.2. The Hall–Kier alpha value is -1.07. The van der Waals surface area contributed by atoms with E-state index in [1.807, 2.05) is 18.2 Å². The zero-order valence-electron chi connectivity index (χ0n) is 13.2. The van der Waals surface area contributed by atoms with Gasteiger partial charge in [-0.05, 0) is 42.9 Å². The van der Waals surface area contributed by atoms with E-state index in [1.54, 1.807) is 18.2 Å². The largest absolute Gasteiger partial charge is 0.246 e. The Morgan fingerprint density at radius 2 is 1.50 bits per heavy atom. The maximum Gasteiger partial charge on any atom is 0.246 e. The molecule has 1 heterocycles. The topological polar surface area (TPSA) is 37.4 Å². The van der Waals surface area contributed by atoms with Gasteiger partial charge in [-0.2, -0.15) is 4.31 Å². The van der Waals surface area contributed by atoms with Crippen molar-refractivity contribution in [1.82, 2.24) is 4.31 Å².